The molecule has 1 aromatic rings. The zero-order chi connectivity index (χ0) is 18.2. The maximum absolute atomic E-state index is 5.38. The lowest BCUT2D eigenvalue weighted by atomic mass is 10.0. The van der Waals surface area contributed by atoms with E-state index in [1.54, 1.807) is 0 Å². The van der Waals surface area contributed by atoms with Gasteiger partial charge in [0.2, 0.25) is 0 Å². The van der Waals surface area contributed by atoms with E-state index >= 15 is 0 Å². The van der Waals surface area contributed by atoms with Gasteiger partial charge in [0.05, 0.1) is 5.69 Å². The molecule has 0 bridgehead atoms. The molecule has 1 atom stereocenters. The molecule has 1 aliphatic rings. The minimum Gasteiger partial charge on any atom is -0.359 e. The van der Waals surface area contributed by atoms with Crippen LogP contribution < -0.4 is 10.6 Å². The molecule has 1 aliphatic heterocycles. The topological polar surface area (TPSA) is 65.7 Å². The molecular weight excluding hydrogens is 441 g/mol. The van der Waals surface area contributed by atoms with E-state index in [1.807, 2.05) is 6.07 Å². The minimum atomic E-state index is 0. The van der Waals surface area contributed by atoms with Gasteiger partial charge in [-0.2, -0.15) is 0 Å². The molecular formula is C19H36IN5O. The summed E-state index contributed by atoms with van der Waals surface area (Å²) < 4.78 is 5.38. The molecule has 2 N–H and O–H groups in total. The van der Waals surface area contributed by atoms with Crippen molar-refractivity contribution in [3.8, 4) is 0 Å². The molecule has 2 heterocycles. The van der Waals surface area contributed by atoms with Gasteiger partial charge in [-0.1, -0.05) is 32.9 Å². The fraction of sp³-hybridized carbons (Fsp3) is 0.789. The van der Waals surface area contributed by atoms with E-state index in [0.717, 1.165) is 30.5 Å². The molecule has 1 aromatic heterocycles. The zero-order valence-electron chi connectivity index (χ0n) is 16.9. The third kappa shape index (κ3) is 7.06. The maximum atomic E-state index is 5.38. The van der Waals surface area contributed by atoms with Gasteiger partial charge in [-0.15, -0.1) is 24.0 Å². The van der Waals surface area contributed by atoms with Crippen molar-refractivity contribution in [1.29, 1.82) is 0 Å². The number of aliphatic imine (C=N–C) groups is 1. The standard InChI is InChI=1S/C19H35N5O.HI/c1-6-20-19(21-12-16-11-17(14(2)3)23-25-16)22-13-18(15(4)5)24-9-7-8-10-24;/h11,14-15,18H,6-10,12-13H2,1-5H3,(H2,20,21,22);1H. The van der Waals surface area contributed by atoms with Crippen molar-refractivity contribution in [1.82, 2.24) is 20.7 Å². The molecule has 0 aliphatic carbocycles. The summed E-state index contributed by atoms with van der Waals surface area (Å²) in [6, 6.07) is 2.54. The van der Waals surface area contributed by atoms with Crippen LogP contribution in [0, 0.1) is 5.92 Å². The van der Waals surface area contributed by atoms with Crippen molar-refractivity contribution in [3.63, 3.8) is 0 Å². The first-order valence-electron chi connectivity index (χ1n) is 9.73. The van der Waals surface area contributed by atoms with Gasteiger partial charge in [-0.3, -0.25) is 4.90 Å². The molecule has 0 aromatic carbocycles. The maximum Gasteiger partial charge on any atom is 0.191 e. The summed E-state index contributed by atoms with van der Waals surface area (Å²) in [7, 11) is 0. The molecule has 1 saturated heterocycles. The number of halogens is 1. The summed E-state index contributed by atoms with van der Waals surface area (Å²) in [6.45, 7) is 15.6. The second kappa shape index (κ2) is 11.8. The van der Waals surface area contributed by atoms with Crippen molar-refractivity contribution in [2.45, 2.75) is 66.0 Å². The number of hydrogen-bond donors (Lipinski definition) is 2. The zero-order valence-corrected chi connectivity index (χ0v) is 19.2. The van der Waals surface area contributed by atoms with Gasteiger partial charge < -0.3 is 15.2 Å². The smallest absolute Gasteiger partial charge is 0.191 e. The van der Waals surface area contributed by atoms with Crippen molar-refractivity contribution in [2.75, 3.05) is 26.2 Å². The second-order valence-corrected chi connectivity index (χ2v) is 7.50. The highest BCUT2D eigenvalue weighted by atomic mass is 127. The van der Waals surface area contributed by atoms with Gasteiger partial charge in [-0.05, 0) is 44.7 Å². The van der Waals surface area contributed by atoms with Crippen molar-refractivity contribution >= 4 is 29.9 Å². The SMILES string of the molecule is CCNC(=NCc1cc(C(C)C)no1)NCC(C(C)C)N1CCCC1.I. The Kier molecular flexibility index (Phi) is 10.5. The van der Waals surface area contributed by atoms with Crippen LogP contribution in [0.5, 0.6) is 0 Å². The lowest BCUT2D eigenvalue weighted by molar-refractivity contribution is 0.192. The van der Waals surface area contributed by atoms with Crippen molar-refractivity contribution in [3.05, 3.63) is 17.5 Å². The number of guanidine groups is 1. The van der Waals surface area contributed by atoms with Crippen LogP contribution in [0.3, 0.4) is 0 Å². The Morgan fingerprint density at radius 2 is 1.92 bits per heavy atom. The van der Waals surface area contributed by atoms with Gasteiger partial charge in [0.1, 0.15) is 6.54 Å². The number of nitrogens with one attached hydrogen (secondary N) is 2. The number of hydrogen-bond acceptors (Lipinski definition) is 4. The van der Waals surface area contributed by atoms with Gasteiger partial charge >= 0.3 is 0 Å². The van der Waals surface area contributed by atoms with E-state index in [1.165, 1.54) is 25.9 Å². The van der Waals surface area contributed by atoms with E-state index in [-0.39, 0.29) is 24.0 Å². The third-order valence-corrected chi connectivity index (χ3v) is 4.76. The minimum absolute atomic E-state index is 0. The number of likely N-dealkylation sites (tertiary alicyclic amines) is 1. The molecule has 6 nitrogen and oxygen atoms in total. The van der Waals surface area contributed by atoms with E-state index in [2.05, 4.69) is 60.3 Å². The summed E-state index contributed by atoms with van der Waals surface area (Å²) in [5, 5.41) is 10.9. The predicted molar refractivity (Wildman–Crippen MR) is 118 cm³/mol. The predicted octanol–water partition coefficient (Wildman–Crippen LogP) is 3.59. The Morgan fingerprint density at radius 3 is 2.46 bits per heavy atom. The van der Waals surface area contributed by atoms with E-state index in [9.17, 15) is 0 Å². The highest BCUT2D eigenvalue weighted by Crippen LogP contribution is 2.17. The third-order valence-electron chi connectivity index (χ3n) is 4.76. The number of nitrogens with zero attached hydrogens (tertiary/aromatic N) is 3. The molecule has 0 radical (unpaired) electrons. The van der Waals surface area contributed by atoms with Crippen LogP contribution in [0.25, 0.3) is 0 Å². The highest BCUT2D eigenvalue weighted by molar-refractivity contribution is 14.0. The lowest BCUT2D eigenvalue weighted by Crippen LogP contribution is -2.48. The Balaban J connectivity index is 0.00000338. The van der Waals surface area contributed by atoms with Crippen LogP contribution in [0.1, 0.15) is 64.8 Å². The largest absolute Gasteiger partial charge is 0.359 e. The van der Waals surface area contributed by atoms with Crippen molar-refractivity contribution < 1.29 is 4.52 Å². The Bertz CT molecular complexity index is 538. The quantitative estimate of drug-likeness (QED) is 0.341. The summed E-state index contributed by atoms with van der Waals surface area (Å²) in [5.74, 6) is 2.65. The molecule has 26 heavy (non-hydrogen) atoms. The highest BCUT2D eigenvalue weighted by Gasteiger charge is 2.24. The van der Waals surface area contributed by atoms with E-state index in [4.69, 9.17) is 4.52 Å². The second-order valence-electron chi connectivity index (χ2n) is 7.50. The summed E-state index contributed by atoms with van der Waals surface area (Å²) in [6.07, 6.45) is 2.64. The molecule has 7 heteroatoms. The molecule has 0 amide bonds. The van der Waals surface area contributed by atoms with Gasteiger partial charge in [0.15, 0.2) is 11.7 Å². The Hall–Kier alpha value is -0.830. The van der Waals surface area contributed by atoms with Crippen LogP contribution in [-0.4, -0.2) is 48.2 Å². The molecule has 2 rings (SSSR count). The summed E-state index contributed by atoms with van der Waals surface area (Å²) in [5.41, 5.74) is 0.983. The normalized spacial score (nSPS) is 16.8. The van der Waals surface area contributed by atoms with Crippen LogP contribution in [0.4, 0.5) is 0 Å². The van der Waals surface area contributed by atoms with Crippen LogP contribution in [-0.2, 0) is 6.54 Å². The van der Waals surface area contributed by atoms with Gasteiger partial charge in [-0.25, -0.2) is 4.99 Å². The first-order chi connectivity index (χ1) is 12.0. The van der Waals surface area contributed by atoms with E-state index < -0.39 is 0 Å². The lowest BCUT2D eigenvalue weighted by Gasteiger charge is -2.31. The Labute approximate surface area is 175 Å². The van der Waals surface area contributed by atoms with E-state index in [0.29, 0.717) is 24.4 Å². The molecule has 0 saturated carbocycles. The fourth-order valence-electron chi connectivity index (χ4n) is 3.24. The van der Waals surface area contributed by atoms with Crippen LogP contribution in [0.2, 0.25) is 0 Å². The van der Waals surface area contributed by atoms with Gasteiger partial charge in [0.25, 0.3) is 0 Å². The van der Waals surface area contributed by atoms with Crippen LogP contribution in [0.15, 0.2) is 15.6 Å². The fourth-order valence-corrected chi connectivity index (χ4v) is 3.24. The van der Waals surface area contributed by atoms with Crippen LogP contribution >= 0.6 is 24.0 Å². The first-order valence-corrected chi connectivity index (χ1v) is 9.73. The average molecular weight is 477 g/mol. The molecule has 1 unspecified atom stereocenters. The molecule has 0 spiro atoms. The average Bonchev–Trinajstić information content (AvgIpc) is 3.24. The monoisotopic (exact) mass is 477 g/mol. The summed E-state index contributed by atoms with van der Waals surface area (Å²) in [4.78, 5) is 7.26. The van der Waals surface area contributed by atoms with Gasteiger partial charge in [0, 0.05) is 25.2 Å². The van der Waals surface area contributed by atoms with Crippen molar-refractivity contribution in [2.24, 2.45) is 10.9 Å². The molecule has 150 valence electrons. The Morgan fingerprint density at radius 1 is 1.23 bits per heavy atom. The summed E-state index contributed by atoms with van der Waals surface area (Å²) >= 11 is 0. The number of aromatic nitrogens is 1. The first kappa shape index (κ1) is 23.2. The molecule has 1 fully saturated rings. The number of rotatable bonds is 8.